The summed E-state index contributed by atoms with van der Waals surface area (Å²) in [6, 6.07) is 4.08. The van der Waals surface area contributed by atoms with E-state index in [1.807, 2.05) is 16.3 Å². The van der Waals surface area contributed by atoms with Gasteiger partial charge in [-0.3, -0.25) is 4.79 Å². The van der Waals surface area contributed by atoms with Crippen LogP contribution in [0.25, 0.3) is 0 Å². The Balaban J connectivity index is 1.67. The van der Waals surface area contributed by atoms with Gasteiger partial charge in [-0.1, -0.05) is 11.2 Å². The molecule has 1 saturated heterocycles. The Morgan fingerprint density at radius 3 is 3.21 bits per heavy atom. The summed E-state index contributed by atoms with van der Waals surface area (Å²) in [7, 11) is 0. The van der Waals surface area contributed by atoms with Gasteiger partial charge in [-0.2, -0.15) is 4.98 Å². The van der Waals surface area contributed by atoms with Crippen LogP contribution in [0.15, 0.2) is 22.0 Å². The molecule has 0 radical (unpaired) electrons. The fourth-order valence-corrected chi connectivity index (χ4v) is 3.02. The van der Waals surface area contributed by atoms with Gasteiger partial charge in [-0.05, 0) is 17.9 Å². The van der Waals surface area contributed by atoms with Gasteiger partial charge in [0.25, 0.3) is 0 Å². The van der Waals surface area contributed by atoms with Crippen molar-refractivity contribution >= 4 is 17.2 Å². The average molecular weight is 277 g/mol. The van der Waals surface area contributed by atoms with Crippen LogP contribution in [0.1, 0.15) is 35.9 Å². The fourth-order valence-electron chi connectivity index (χ4n) is 2.32. The van der Waals surface area contributed by atoms with Crippen molar-refractivity contribution in [3.63, 3.8) is 0 Å². The minimum absolute atomic E-state index is 0.112. The van der Waals surface area contributed by atoms with Gasteiger partial charge in [0.15, 0.2) is 5.82 Å². The maximum absolute atomic E-state index is 11.3. The summed E-state index contributed by atoms with van der Waals surface area (Å²) in [6.07, 6.45) is 1.62. The molecule has 0 aliphatic carbocycles. The third kappa shape index (κ3) is 2.68. The number of thiophene rings is 1. The van der Waals surface area contributed by atoms with E-state index in [1.54, 1.807) is 18.3 Å². The monoisotopic (exact) mass is 277 g/mol. The molecule has 2 aromatic heterocycles. The summed E-state index contributed by atoms with van der Waals surface area (Å²) < 4.78 is 5.33. The Bertz CT molecular complexity index is 564. The lowest BCUT2D eigenvalue weighted by atomic mass is 10.1. The lowest BCUT2D eigenvalue weighted by molar-refractivity contribution is -0.127. The molecule has 3 heterocycles. The number of hydrogen-bond acceptors (Lipinski definition) is 5. The van der Waals surface area contributed by atoms with E-state index >= 15 is 0 Å². The molecule has 19 heavy (non-hydrogen) atoms. The highest BCUT2D eigenvalue weighted by molar-refractivity contribution is 7.09. The second-order valence-electron chi connectivity index (χ2n) is 4.76. The molecular weight excluding hydrogens is 262 g/mol. The van der Waals surface area contributed by atoms with Gasteiger partial charge in [-0.15, -0.1) is 11.3 Å². The predicted octanol–water partition coefficient (Wildman–Crippen LogP) is 2.06. The summed E-state index contributed by atoms with van der Waals surface area (Å²) in [6.45, 7) is 3.07. The highest BCUT2D eigenvalue weighted by Crippen LogP contribution is 2.26. The van der Waals surface area contributed by atoms with Crippen molar-refractivity contribution in [3.8, 4) is 0 Å². The first kappa shape index (κ1) is 12.3. The number of carbonyl (C=O) groups excluding carboxylic acids is 1. The number of nitrogens with zero attached hydrogens (tertiary/aromatic N) is 3. The van der Waals surface area contributed by atoms with Crippen LogP contribution < -0.4 is 0 Å². The molecule has 0 spiro atoms. The van der Waals surface area contributed by atoms with Crippen molar-refractivity contribution in [1.29, 1.82) is 0 Å². The van der Waals surface area contributed by atoms with Crippen LogP contribution >= 0.6 is 11.3 Å². The van der Waals surface area contributed by atoms with Crippen LogP contribution in [-0.4, -0.2) is 34.0 Å². The van der Waals surface area contributed by atoms with Crippen LogP contribution in [0.3, 0.4) is 0 Å². The molecule has 1 aliphatic heterocycles. The second kappa shape index (κ2) is 5.13. The number of likely N-dealkylation sites (tertiary alicyclic amines) is 1. The van der Waals surface area contributed by atoms with Crippen molar-refractivity contribution in [1.82, 2.24) is 15.0 Å². The number of rotatable bonds is 3. The van der Waals surface area contributed by atoms with E-state index in [-0.39, 0.29) is 11.8 Å². The minimum Gasteiger partial charge on any atom is -0.342 e. The maximum Gasteiger partial charge on any atom is 0.231 e. The fraction of sp³-hybridized carbons (Fsp3) is 0.462. The zero-order valence-corrected chi connectivity index (χ0v) is 11.5. The average Bonchev–Trinajstić information content (AvgIpc) is 3.09. The van der Waals surface area contributed by atoms with E-state index in [0.717, 1.165) is 18.8 Å². The number of hydrogen-bond donors (Lipinski definition) is 0. The molecule has 0 saturated carbocycles. The SMILES string of the molecule is CC(=O)N1CCC(c2nc(Cc3cccs3)no2)C1. The van der Waals surface area contributed by atoms with Crippen LogP contribution in [-0.2, 0) is 11.2 Å². The largest absolute Gasteiger partial charge is 0.342 e. The standard InChI is InChI=1S/C13H15N3O2S/c1-9(17)16-5-4-10(8-16)13-14-12(15-18-13)7-11-3-2-6-19-11/h2-3,6,10H,4-5,7-8H2,1H3. The van der Waals surface area contributed by atoms with E-state index < -0.39 is 0 Å². The van der Waals surface area contributed by atoms with Crippen LogP contribution in [0.5, 0.6) is 0 Å². The van der Waals surface area contributed by atoms with Gasteiger partial charge in [0.1, 0.15) is 0 Å². The summed E-state index contributed by atoms with van der Waals surface area (Å²) in [4.78, 5) is 18.8. The summed E-state index contributed by atoms with van der Waals surface area (Å²) in [5, 5.41) is 6.06. The van der Waals surface area contributed by atoms with Gasteiger partial charge < -0.3 is 9.42 Å². The molecule has 5 nitrogen and oxygen atoms in total. The molecule has 100 valence electrons. The molecule has 1 fully saturated rings. The quantitative estimate of drug-likeness (QED) is 0.861. The topological polar surface area (TPSA) is 59.2 Å². The normalized spacial score (nSPS) is 19.0. The van der Waals surface area contributed by atoms with Crippen molar-refractivity contribution in [2.75, 3.05) is 13.1 Å². The highest BCUT2D eigenvalue weighted by atomic mass is 32.1. The summed E-state index contributed by atoms with van der Waals surface area (Å²) in [5.74, 6) is 1.68. The highest BCUT2D eigenvalue weighted by Gasteiger charge is 2.29. The lowest BCUT2D eigenvalue weighted by Gasteiger charge is -2.11. The first-order valence-electron chi connectivity index (χ1n) is 6.33. The molecular formula is C13H15N3O2S. The van der Waals surface area contributed by atoms with Gasteiger partial charge in [0, 0.05) is 31.3 Å². The van der Waals surface area contributed by atoms with Crippen molar-refractivity contribution in [2.24, 2.45) is 0 Å². The number of amides is 1. The second-order valence-corrected chi connectivity index (χ2v) is 5.79. The van der Waals surface area contributed by atoms with Crippen LogP contribution in [0, 0.1) is 0 Å². The minimum atomic E-state index is 0.112. The Morgan fingerprint density at radius 1 is 1.63 bits per heavy atom. The van der Waals surface area contributed by atoms with E-state index in [4.69, 9.17) is 4.52 Å². The third-order valence-electron chi connectivity index (χ3n) is 3.38. The molecule has 0 N–H and O–H groups in total. The van der Waals surface area contributed by atoms with Crippen molar-refractivity contribution in [3.05, 3.63) is 34.1 Å². The number of aromatic nitrogens is 2. The Kier molecular flexibility index (Phi) is 3.33. The Labute approximate surface area is 115 Å². The molecule has 2 aromatic rings. The van der Waals surface area contributed by atoms with Crippen LogP contribution in [0.2, 0.25) is 0 Å². The summed E-state index contributed by atoms with van der Waals surface area (Å²) in [5.41, 5.74) is 0. The molecule has 1 atom stereocenters. The van der Waals surface area contributed by atoms with Gasteiger partial charge in [0.05, 0.1) is 5.92 Å². The molecule has 0 bridgehead atoms. The third-order valence-corrected chi connectivity index (χ3v) is 4.26. The van der Waals surface area contributed by atoms with Crippen LogP contribution in [0.4, 0.5) is 0 Å². The molecule has 1 amide bonds. The zero-order chi connectivity index (χ0) is 13.2. The molecule has 0 aromatic carbocycles. The van der Waals surface area contributed by atoms with E-state index in [1.165, 1.54) is 4.88 Å². The molecule has 6 heteroatoms. The molecule has 3 rings (SSSR count). The Hall–Kier alpha value is -1.69. The van der Waals surface area contributed by atoms with Gasteiger partial charge in [-0.25, -0.2) is 0 Å². The van der Waals surface area contributed by atoms with Gasteiger partial charge in [0.2, 0.25) is 11.8 Å². The number of carbonyl (C=O) groups is 1. The summed E-state index contributed by atoms with van der Waals surface area (Å²) >= 11 is 1.69. The molecule has 1 aliphatic rings. The lowest BCUT2D eigenvalue weighted by Crippen LogP contribution is -2.25. The van der Waals surface area contributed by atoms with E-state index in [0.29, 0.717) is 18.9 Å². The maximum atomic E-state index is 11.3. The van der Waals surface area contributed by atoms with E-state index in [9.17, 15) is 4.79 Å². The van der Waals surface area contributed by atoms with E-state index in [2.05, 4.69) is 16.2 Å². The molecule has 1 unspecified atom stereocenters. The van der Waals surface area contributed by atoms with Crippen molar-refractivity contribution < 1.29 is 9.32 Å². The first-order chi connectivity index (χ1) is 9.22. The Morgan fingerprint density at radius 2 is 2.53 bits per heavy atom. The first-order valence-corrected chi connectivity index (χ1v) is 7.20. The predicted molar refractivity (Wildman–Crippen MR) is 71.0 cm³/mol. The smallest absolute Gasteiger partial charge is 0.231 e. The van der Waals surface area contributed by atoms with Gasteiger partial charge >= 0.3 is 0 Å². The van der Waals surface area contributed by atoms with Crippen molar-refractivity contribution in [2.45, 2.75) is 25.7 Å². The zero-order valence-electron chi connectivity index (χ0n) is 10.7.